The highest BCUT2D eigenvalue weighted by Gasteiger charge is 2.28. The molecule has 2 rings (SSSR count). The SMILES string of the molecule is CCCN(C(=O)CC(NC(C)=O)c1ccc(C)cc1)C1CCNC1. The van der Waals surface area contributed by atoms with E-state index in [1.165, 1.54) is 6.92 Å². The maximum absolute atomic E-state index is 12.9. The number of nitrogens with zero attached hydrogens (tertiary/aromatic N) is 1. The van der Waals surface area contributed by atoms with Gasteiger partial charge in [-0.05, 0) is 31.9 Å². The normalized spacial score (nSPS) is 18.2. The van der Waals surface area contributed by atoms with Gasteiger partial charge in [0.05, 0.1) is 12.5 Å². The van der Waals surface area contributed by atoms with Crippen LogP contribution >= 0.6 is 0 Å². The Hall–Kier alpha value is -1.88. The Labute approximate surface area is 144 Å². The molecule has 132 valence electrons. The molecule has 0 aliphatic carbocycles. The van der Waals surface area contributed by atoms with Crippen LogP contribution in [-0.2, 0) is 9.59 Å². The van der Waals surface area contributed by atoms with Crippen molar-refractivity contribution >= 4 is 11.8 Å². The Morgan fingerprint density at radius 3 is 2.58 bits per heavy atom. The van der Waals surface area contributed by atoms with Gasteiger partial charge in [0.25, 0.3) is 0 Å². The van der Waals surface area contributed by atoms with Crippen LogP contribution in [0.15, 0.2) is 24.3 Å². The van der Waals surface area contributed by atoms with Crippen molar-refractivity contribution in [1.82, 2.24) is 15.5 Å². The van der Waals surface area contributed by atoms with E-state index in [1.807, 2.05) is 36.1 Å². The van der Waals surface area contributed by atoms with Crippen molar-refractivity contribution in [2.45, 2.75) is 52.1 Å². The fourth-order valence-electron chi connectivity index (χ4n) is 3.25. The summed E-state index contributed by atoms with van der Waals surface area (Å²) in [5.74, 6) is 0.00262. The van der Waals surface area contributed by atoms with E-state index in [0.29, 0.717) is 6.42 Å². The van der Waals surface area contributed by atoms with Crippen LogP contribution in [-0.4, -0.2) is 42.4 Å². The molecule has 2 unspecified atom stereocenters. The number of carbonyl (C=O) groups excluding carboxylic acids is 2. The molecule has 1 heterocycles. The third-order valence-corrected chi connectivity index (χ3v) is 4.50. The van der Waals surface area contributed by atoms with E-state index in [4.69, 9.17) is 0 Å². The van der Waals surface area contributed by atoms with Crippen LogP contribution < -0.4 is 10.6 Å². The largest absolute Gasteiger partial charge is 0.349 e. The minimum atomic E-state index is -0.274. The lowest BCUT2D eigenvalue weighted by Gasteiger charge is -2.30. The van der Waals surface area contributed by atoms with Crippen LogP contribution in [0.1, 0.15) is 50.3 Å². The van der Waals surface area contributed by atoms with E-state index < -0.39 is 0 Å². The summed E-state index contributed by atoms with van der Waals surface area (Å²) in [6.07, 6.45) is 2.25. The molecule has 2 amide bonds. The maximum Gasteiger partial charge on any atom is 0.225 e. The lowest BCUT2D eigenvalue weighted by molar-refractivity contribution is -0.134. The van der Waals surface area contributed by atoms with Crippen LogP contribution in [0, 0.1) is 6.92 Å². The monoisotopic (exact) mass is 331 g/mol. The zero-order chi connectivity index (χ0) is 17.5. The minimum absolute atomic E-state index is 0.113. The summed E-state index contributed by atoms with van der Waals surface area (Å²) >= 11 is 0. The van der Waals surface area contributed by atoms with Gasteiger partial charge < -0.3 is 15.5 Å². The van der Waals surface area contributed by atoms with Gasteiger partial charge in [-0.2, -0.15) is 0 Å². The van der Waals surface area contributed by atoms with E-state index in [9.17, 15) is 9.59 Å². The van der Waals surface area contributed by atoms with Gasteiger partial charge >= 0.3 is 0 Å². The summed E-state index contributed by atoms with van der Waals surface area (Å²) in [4.78, 5) is 26.5. The molecule has 1 fully saturated rings. The number of benzene rings is 1. The van der Waals surface area contributed by atoms with E-state index >= 15 is 0 Å². The lowest BCUT2D eigenvalue weighted by atomic mass is 10.0. The second-order valence-electron chi connectivity index (χ2n) is 6.60. The summed E-state index contributed by atoms with van der Waals surface area (Å²) in [6, 6.07) is 8.01. The third-order valence-electron chi connectivity index (χ3n) is 4.50. The molecule has 0 bridgehead atoms. The first-order valence-corrected chi connectivity index (χ1v) is 8.85. The van der Waals surface area contributed by atoms with E-state index in [0.717, 1.165) is 43.6 Å². The Balaban J connectivity index is 2.12. The fourth-order valence-corrected chi connectivity index (χ4v) is 3.25. The van der Waals surface area contributed by atoms with E-state index in [1.54, 1.807) is 0 Å². The van der Waals surface area contributed by atoms with Gasteiger partial charge in [-0.3, -0.25) is 9.59 Å². The molecule has 1 saturated heterocycles. The van der Waals surface area contributed by atoms with Gasteiger partial charge in [-0.15, -0.1) is 0 Å². The second-order valence-corrected chi connectivity index (χ2v) is 6.60. The van der Waals surface area contributed by atoms with Crippen LogP contribution in [0.4, 0.5) is 0 Å². The van der Waals surface area contributed by atoms with Crippen molar-refractivity contribution in [3.05, 3.63) is 35.4 Å². The molecule has 5 heteroatoms. The number of carbonyl (C=O) groups is 2. The molecule has 1 aliphatic heterocycles. The molecule has 0 aromatic heterocycles. The summed E-state index contributed by atoms with van der Waals surface area (Å²) in [5.41, 5.74) is 2.14. The highest BCUT2D eigenvalue weighted by molar-refractivity contribution is 5.79. The van der Waals surface area contributed by atoms with Gasteiger partial charge in [0, 0.05) is 26.1 Å². The molecule has 1 aromatic carbocycles. The Bertz CT molecular complexity index is 550. The summed E-state index contributed by atoms with van der Waals surface area (Å²) in [5, 5.41) is 6.26. The number of amides is 2. The molecule has 5 nitrogen and oxygen atoms in total. The van der Waals surface area contributed by atoms with Gasteiger partial charge in [-0.1, -0.05) is 36.8 Å². The first kappa shape index (κ1) is 18.5. The molecule has 0 spiro atoms. The molecule has 2 N–H and O–H groups in total. The van der Waals surface area contributed by atoms with E-state index in [2.05, 4.69) is 17.6 Å². The molecule has 24 heavy (non-hydrogen) atoms. The smallest absolute Gasteiger partial charge is 0.225 e. The Morgan fingerprint density at radius 1 is 1.33 bits per heavy atom. The van der Waals surface area contributed by atoms with Crippen molar-refractivity contribution in [3.63, 3.8) is 0 Å². The van der Waals surface area contributed by atoms with Crippen LogP contribution in [0.3, 0.4) is 0 Å². The number of rotatable bonds is 7. The summed E-state index contributed by atoms with van der Waals surface area (Å²) < 4.78 is 0. The standard InChI is InChI=1S/C19H29N3O2/c1-4-11-22(17-9-10-20-13-17)19(24)12-18(21-15(3)23)16-7-5-14(2)6-8-16/h5-8,17-18,20H,4,9-13H2,1-3H3,(H,21,23). The Kier molecular flexibility index (Phi) is 6.79. The predicted octanol–water partition coefficient (Wildman–Crippen LogP) is 2.16. The minimum Gasteiger partial charge on any atom is -0.349 e. The third kappa shape index (κ3) is 5.06. The first-order chi connectivity index (χ1) is 11.5. The molecule has 1 aliphatic rings. The quantitative estimate of drug-likeness (QED) is 0.805. The van der Waals surface area contributed by atoms with Crippen molar-refractivity contribution in [3.8, 4) is 0 Å². The summed E-state index contributed by atoms with van der Waals surface area (Å²) in [7, 11) is 0. The number of hydrogen-bond acceptors (Lipinski definition) is 3. The van der Waals surface area contributed by atoms with Crippen LogP contribution in [0.25, 0.3) is 0 Å². The summed E-state index contributed by atoms with van der Waals surface area (Å²) in [6.45, 7) is 8.21. The molecular formula is C19H29N3O2. The van der Waals surface area contributed by atoms with Crippen molar-refractivity contribution in [1.29, 1.82) is 0 Å². The van der Waals surface area contributed by atoms with Gasteiger partial charge in [0.15, 0.2) is 0 Å². The maximum atomic E-state index is 12.9. The number of aryl methyl sites for hydroxylation is 1. The average molecular weight is 331 g/mol. The highest BCUT2D eigenvalue weighted by Crippen LogP contribution is 2.21. The topological polar surface area (TPSA) is 61.4 Å². The molecule has 1 aromatic rings. The molecule has 0 radical (unpaired) electrons. The van der Waals surface area contributed by atoms with E-state index in [-0.39, 0.29) is 23.9 Å². The molecular weight excluding hydrogens is 302 g/mol. The first-order valence-electron chi connectivity index (χ1n) is 8.85. The number of hydrogen-bond donors (Lipinski definition) is 2. The zero-order valence-electron chi connectivity index (χ0n) is 15.0. The average Bonchev–Trinajstić information content (AvgIpc) is 3.06. The van der Waals surface area contributed by atoms with Gasteiger partial charge in [0.2, 0.25) is 11.8 Å². The van der Waals surface area contributed by atoms with Crippen LogP contribution in [0.2, 0.25) is 0 Å². The highest BCUT2D eigenvalue weighted by atomic mass is 16.2. The van der Waals surface area contributed by atoms with Gasteiger partial charge in [0.1, 0.15) is 0 Å². The van der Waals surface area contributed by atoms with Crippen molar-refractivity contribution < 1.29 is 9.59 Å². The van der Waals surface area contributed by atoms with Crippen LogP contribution in [0.5, 0.6) is 0 Å². The predicted molar refractivity (Wildman–Crippen MR) is 95.6 cm³/mol. The zero-order valence-corrected chi connectivity index (χ0v) is 15.0. The van der Waals surface area contributed by atoms with Gasteiger partial charge in [-0.25, -0.2) is 0 Å². The van der Waals surface area contributed by atoms with Crippen molar-refractivity contribution in [2.75, 3.05) is 19.6 Å². The lowest BCUT2D eigenvalue weighted by Crippen LogP contribution is -2.43. The molecule has 0 saturated carbocycles. The number of nitrogens with one attached hydrogen (secondary N) is 2. The molecule has 2 atom stereocenters. The van der Waals surface area contributed by atoms with Crippen molar-refractivity contribution in [2.24, 2.45) is 0 Å². The fraction of sp³-hybridized carbons (Fsp3) is 0.579. The second kappa shape index (κ2) is 8.83. The Morgan fingerprint density at radius 2 is 2.04 bits per heavy atom.